The van der Waals surface area contributed by atoms with Crippen LogP contribution in [-0.4, -0.2) is 0 Å². The Balaban J connectivity index is 2.04. The lowest BCUT2D eigenvalue weighted by Gasteiger charge is -2.03. The maximum Gasteiger partial charge on any atom is 0.126 e. The molecule has 0 radical (unpaired) electrons. The van der Waals surface area contributed by atoms with E-state index in [-0.39, 0.29) is 0 Å². The summed E-state index contributed by atoms with van der Waals surface area (Å²) >= 11 is 1.51. The Morgan fingerprint density at radius 1 is 0.941 bits per heavy atom. The van der Waals surface area contributed by atoms with Gasteiger partial charge in [-0.2, -0.15) is 0 Å². The van der Waals surface area contributed by atoms with Gasteiger partial charge in [0.05, 0.1) is 0 Å². The topological polar surface area (TPSA) is 26.0 Å². The number of rotatable bonds is 3. The van der Waals surface area contributed by atoms with Gasteiger partial charge < -0.3 is 5.73 Å². The molecule has 0 aliphatic heterocycles. The lowest BCUT2D eigenvalue weighted by Crippen LogP contribution is -1.87. The van der Waals surface area contributed by atoms with Gasteiger partial charge in [-0.25, -0.2) is 8.78 Å². The van der Waals surface area contributed by atoms with E-state index in [1.54, 1.807) is 12.1 Å². The number of thioether (sulfide) groups is 1. The van der Waals surface area contributed by atoms with Crippen LogP contribution in [0.3, 0.4) is 0 Å². The summed E-state index contributed by atoms with van der Waals surface area (Å²) in [5.41, 5.74) is 6.89. The second-order valence-corrected chi connectivity index (χ2v) is 4.68. The molecule has 0 bridgehead atoms. The number of hydrogen-bond acceptors (Lipinski definition) is 2. The van der Waals surface area contributed by atoms with Gasteiger partial charge in [-0.05, 0) is 42.0 Å². The monoisotopic (exact) mass is 251 g/mol. The highest BCUT2D eigenvalue weighted by molar-refractivity contribution is 7.98. The van der Waals surface area contributed by atoms with Crippen LogP contribution in [0.2, 0.25) is 0 Å². The van der Waals surface area contributed by atoms with Crippen molar-refractivity contribution in [1.82, 2.24) is 0 Å². The van der Waals surface area contributed by atoms with Crippen LogP contribution in [0.1, 0.15) is 5.56 Å². The first kappa shape index (κ1) is 11.9. The van der Waals surface area contributed by atoms with Crippen molar-refractivity contribution in [2.45, 2.75) is 10.6 Å². The molecule has 0 heterocycles. The normalized spacial score (nSPS) is 10.5. The average Bonchev–Trinajstić information content (AvgIpc) is 2.27. The molecule has 88 valence electrons. The van der Waals surface area contributed by atoms with Crippen molar-refractivity contribution in [3.05, 3.63) is 59.7 Å². The summed E-state index contributed by atoms with van der Waals surface area (Å²) < 4.78 is 25.9. The zero-order valence-electron chi connectivity index (χ0n) is 8.99. The molecule has 0 saturated heterocycles. The van der Waals surface area contributed by atoms with E-state index in [2.05, 4.69) is 0 Å². The van der Waals surface area contributed by atoms with E-state index in [1.165, 1.54) is 23.9 Å². The van der Waals surface area contributed by atoms with Crippen molar-refractivity contribution in [2.75, 3.05) is 5.73 Å². The third kappa shape index (κ3) is 3.46. The van der Waals surface area contributed by atoms with Crippen LogP contribution in [-0.2, 0) is 5.75 Å². The van der Waals surface area contributed by atoms with Crippen LogP contribution < -0.4 is 5.73 Å². The first-order valence-corrected chi connectivity index (χ1v) is 6.05. The van der Waals surface area contributed by atoms with Gasteiger partial charge in [0.25, 0.3) is 0 Å². The molecule has 2 rings (SSSR count). The van der Waals surface area contributed by atoms with Gasteiger partial charge in [-0.15, -0.1) is 11.8 Å². The Morgan fingerprint density at radius 3 is 2.12 bits per heavy atom. The molecule has 0 aromatic heterocycles. The second kappa shape index (κ2) is 5.19. The fourth-order valence-electron chi connectivity index (χ4n) is 1.43. The molecule has 0 aliphatic rings. The van der Waals surface area contributed by atoms with Crippen LogP contribution in [0.5, 0.6) is 0 Å². The van der Waals surface area contributed by atoms with Gasteiger partial charge in [0, 0.05) is 22.4 Å². The Kier molecular flexibility index (Phi) is 3.64. The third-order valence-corrected chi connectivity index (χ3v) is 3.29. The molecule has 1 nitrogen and oxygen atoms in total. The van der Waals surface area contributed by atoms with Gasteiger partial charge in [0.1, 0.15) is 11.6 Å². The van der Waals surface area contributed by atoms with Crippen LogP contribution in [0, 0.1) is 11.6 Å². The summed E-state index contributed by atoms with van der Waals surface area (Å²) in [5, 5.41) is 0. The first-order chi connectivity index (χ1) is 8.13. The standard InChI is InChI=1S/C13H11F2NS/c14-10-5-9(6-11(15)7-10)8-17-13-3-1-12(16)2-4-13/h1-7H,8,16H2. The first-order valence-electron chi connectivity index (χ1n) is 5.07. The highest BCUT2D eigenvalue weighted by Crippen LogP contribution is 2.24. The fourth-order valence-corrected chi connectivity index (χ4v) is 2.25. The zero-order chi connectivity index (χ0) is 12.3. The summed E-state index contributed by atoms with van der Waals surface area (Å²) in [6, 6.07) is 10.9. The third-order valence-electron chi connectivity index (χ3n) is 2.21. The Morgan fingerprint density at radius 2 is 1.53 bits per heavy atom. The smallest absolute Gasteiger partial charge is 0.126 e. The number of nitrogens with two attached hydrogens (primary N) is 1. The van der Waals surface area contributed by atoms with Gasteiger partial charge in [-0.3, -0.25) is 0 Å². The molecule has 2 N–H and O–H groups in total. The van der Waals surface area contributed by atoms with Crippen molar-refractivity contribution in [3.8, 4) is 0 Å². The van der Waals surface area contributed by atoms with E-state index < -0.39 is 11.6 Å². The van der Waals surface area contributed by atoms with Crippen molar-refractivity contribution in [1.29, 1.82) is 0 Å². The van der Waals surface area contributed by atoms with Crippen LogP contribution in [0.25, 0.3) is 0 Å². The Bertz CT molecular complexity index is 491. The minimum Gasteiger partial charge on any atom is -0.399 e. The average molecular weight is 251 g/mol. The molecule has 0 aliphatic carbocycles. The van der Waals surface area contributed by atoms with Crippen molar-refractivity contribution in [3.63, 3.8) is 0 Å². The number of nitrogen functional groups attached to an aromatic ring is 1. The summed E-state index contributed by atoms with van der Waals surface area (Å²) in [7, 11) is 0. The van der Waals surface area contributed by atoms with Gasteiger partial charge in [-0.1, -0.05) is 0 Å². The Labute approximate surface area is 103 Å². The summed E-state index contributed by atoms with van der Waals surface area (Å²) in [4.78, 5) is 1.02. The number of hydrogen-bond donors (Lipinski definition) is 1. The number of benzene rings is 2. The van der Waals surface area contributed by atoms with E-state index in [4.69, 9.17) is 5.73 Å². The minimum atomic E-state index is -0.544. The van der Waals surface area contributed by atoms with Gasteiger partial charge in [0.15, 0.2) is 0 Å². The van der Waals surface area contributed by atoms with E-state index in [9.17, 15) is 8.78 Å². The maximum atomic E-state index is 12.9. The number of halogens is 2. The molecule has 0 atom stereocenters. The molecule has 4 heteroatoms. The molecule has 0 fully saturated rings. The maximum absolute atomic E-state index is 12.9. The summed E-state index contributed by atoms with van der Waals surface area (Å²) in [5.74, 6) is -0.561. The minimum absolute atomic E-state index is 0.526. The highest BCUT2D eigenvalue weighted by Gasteiger charge is 2.01. The highest BCUT2D eigenvalue weighted by atomic mass is 32.2. The molecule has 0 amide bonds. The second-order valence-electron chi connectivity index (χ2n) is 3.64. The molecule has 17 heavy (non-hydrogen) atoms. The quantitative estimate of drug-likeness (QED) is 0.662. The summed E-state index contributed by atoms with van der Waals surface area (Å²) in [6.07, 6.45) is 0. The van der Waals surface area contributed by atoms with Gasteiger partial charge in [0.2, 0.25) is 0 Å². The van der Waals surface area contributed by atoms with E-state index >= 15 is 0 Å². The molecule has 0 saturated carbocycles. The predicted octanol–water partition coefficient (Wildman–Crippen LogP) is 3.84. The van der Waals surface area contributed by atoms with E-state index in [0.717, 1.165) is 11.0 Å². The van der Waals surface area contributed by atoms with Crippen LogP contribution in [0.4, 0.5) is 14.5 Å². The molecular formula is C13H11F2NS. The van der Waals surface area contributed by atoms with E-state index in [1.807, 2.05) is 12.1 Å². The lowest BCUT2D eigenvalue weighted by atomic mass is 10.2. The van der Waals surface area contributed by atoms with Crippen molar-refractivity contribution < 1.29 is 8.78 Å². The molecule has 0 spiro atoms. The van der Waals surface area contributed by atoms with E-state index in [0.29, 0.717) is 17.0 Å². The van der Waals surface area contributed by atoms with Crippen molar-refractivity contribution in [2.24, 2.45) is 0 Å². The fraction of sp³-hybridized carbons (Fsp3) is 0.0769. The Hall–Kier alpha value is -1.55. The lowest BCUT2D eigenvalue weighted by molar-refractivity contribution is 0.581. The summed E-state index contributed by atoms with van der Waals surface area (Å²) in [6.45, 7) is 0. The van der Waals surface area contributed by atoms with Crippen LogP contribution in [0.15, 0.2) is 47.4 Å². The molecule has 2 aromatic rings. The zero-order valence-corrected chi connectivity index (χ0v) is 9.81. The molecule has 0 unspecified atom stereocenters. The SMILES string of the molecule is Nc1ccc(SCc2cc(F)cc(F)c2)cc1. The predicted molar refractivity (Wildman–Crippen MR) is 66.8 cm³/mol. The van der Waals surface area contributed by atoms with Gasteiger partial charge >= 0.3 is 0 Å². The molecular weight excluding hydrogens is 240 g/mol. The van der Waals surface area contributed by atoms with Crippen molar-refractivity contribution >= 4 is 17.4 Å². The number of anilines is 1. The largest absolute Gasteiger partial charge is 0.399 e. The van der Waals surface area contributed by atoms with Crippen LogP contribution >= 0.6 is 11.8 Å². The molecule has 2 aromatic carbocycles.